The van der Waals surface area contributed by atoms with Gasteiger partial charge in [0.05, 0.1) is 0 Å². The van der Waals surface area contributed by atoms with E-state index in [1.165, 1.54) is 18.4 Å². The molecule has 0 bridgehead atoms. The maximum Gasteiger partial charge on any atom is 0.243 e. The molecule has 5 heteroatoms. The molecule has 0 radical (unpaired) electrons. The minimum atomic E-state index is 0.253. The summed E-state index contributed by atoms with van der Waals surface area (Å²) in [5, 5.41) is 7.69. The lowest BCUT2D eigenvalue weighted by atomic mass is 10.1. The lowest BCUT2D eigenvalue weighted by Gasteiger charge is -2.14. The van der Waals surface area contributed by atoms with Gasteiger partial charge in [-0.05, 0) is 31.0 Å². The van der Waals surface area contributed by atoms with Gasteiger partial charge in [-0.1, -0.05) is 19.8 Å². The summed E-state index contributed by atoms with van der Waals surface area (Å²) in [6, 6.07) is 4.29. The number of nitrogens with zero attached hydrogens (tertiary/aromatic N) is 3. The maximum absolute atomic E-state index is 5.75. The SMILES string of the molecule is CCCCC(CN)Nc1nc2cc(C)ccn2n1. The minimum absolute atomic E-state index is 0.253. The first kappa shape index (κ1) is 12.8. The number of aromatic nitrogens is 3. The van der Waals surface area contributed by atoms with Crippen LogP contribution in [0.15, 0.2) is 18.3 Å². The van der Waals surface area contributed by atoms with E-state index in [4.69, 9.17) is 5.73 Å². The maximum atomic E-state index is 5.75. The molecule has 18 heavy (non-hydrogen) atoms. The number of nitrogens with one attached hydrogen (secondary N) is 1. The van der Waals surface area contributed by atoms with Crippen molar-refractivity contribution in [1.82, 2.24) is 14.6 Å². The highest BCUT2D eigenvalue weighted by atomic mass is 15.3. The third kappa shape index (κ3) is 2.98. The van der Waals surface area contributed by atoms with Crippen molar-refractivity contribution in [3.8, 4) is 0 Å². The number of aryl methyl sites for hydroxylation is 1. The first-order valence-electron chi connectivity index (χ1n) is 6.52. The summed E-state index contributed by atoms with van der Waals surface area (Å²) in [7, 11) is 0. The number of hydrogen-bond acceptors (Lipinski definition) is 4. The van der Waals surface area contributed by atoms with Gasteiger partial charge in [-0.15, -0.1) is 5.10 Å². The zero-order valence-corrected chi connectivity index (χ0v) is 11.1. The average molecular weight is 247 g/mol. The number of anilines is 1. The molecule has 0 fully saturated rings. The van der Waals surface area contributed by atoms with Crippen molar-refractivity contribution in [2.24, 2.45) is 5.73 Å². The second-order valence-corrected chi connectivity index (χ2v) is 4.66. The smallest absolute Gasteiger partial charge is 0.243 e. The Morgan fingerprint density at radius 3 is 3.06 bits per heavy atom. The van der Waals surface area contributed by atoms with Gasteiger partial charge in [0, 0.05) is 18.8 Å². The molecule has 2 heterocycles. The van der Waals surface area contributed by atoms with Crippen molar-refractivity contribution in [2.45, 2.75) is 39.2 Å². The van der Waals surface area contributed by atoms with Crippen LogP contribution in [-0.2, 0) is 0 Å². The van der Waals surface area contributed by atoms with Crippen molar-refractivity contribution in [1.29, 1.82) is 0 Å². The monoisotopic (exact) mass is 247 g/mol. The number of fused-ring (bicyclic) bond motifs is 1. The van der Waals surface area contributed by atoms with Gasteiger partial charge in [-0.2, -0.15) is 4.98 Å². The third-order valence-electron chi connectivity index (χ3n) is 3.02. The van der Waals surface area contributed by atoms with Gasteiger partial charge >= 0.3 is 0 Å². The fraction of sp³-hybridized carbons (Fsp3) is 0.538. The molecule has 0 saturated carbocycles. The topological polar surface area (TPSA) is 68.2 Å². The molecule has 0 aliphatic carbocycles. The molecule has 2 rings (SSSR count). The highest BCUT2D eigenvalue weighted by molar-refractivity contribution is 5.45. The summed E-state index contributed by atoms with van der Waals surface area (Å²) >= 11 is 0. The van der Waals surface area contributed by atoms with E-state index >= 15 is 0 Å². The number of pyridine rings is 1. The van der Waals surface area contributed by atoms with Crippen molar-refractivity contribution < 1.29 is 0 Å². The van der Waals surface area contributed by atoms with Gasteiger partial charge < -0.3 is 11.1 Å². The van der Waals surface area contributed by atoms with E-state index in [1.807, 2.05) is 25.3 Å². The van der Waals surface area contributed by atoms with Gasteiger partial charge in [0.25, 0.3) is 0 Å². The van der Waals surface area contributed by atoms with Gasteiger partial charge in [-0.3, -0.25) is 0 Å². The predicted molar refractivity (Wildman–Crippen MR) is 73.7 cm³/mol. The Bertz CT molecular complexity index is 505. The van der Waals surface area contributed by atoms with Crippen LogP contribution in [0.1, 0.15) is 31.7 Å². The van der Waals surface area contributed by atoms with Gasteiger partial charge in [0.2, 0.25) is 5.95 Å². The molecule has 98 valence electrons. The average Bonchev–Trinajstić information content (AvgIpc) is 2.75. The van der Waals surface area contributed by atoms with E-state index in [9.17, 15) is 0 Å². The molecule has 1 atom stereocenters. The molecule has 0 aromatic carbocycles. The van der Waals surface area contributed by atoms with Crippen LogP contribution in [0.5, 0.6) is 0 Å². The summed E-state index contributed by atoms with van der Waals surface area (Å²) in [5.41, 5.74) is 7.80. The van der Waals surface area contributed by atoms with Crippen LogP contribution in [0.3, 0.4) is 0 Å². The summed E-state index contributed by atoms with van der Waals surface area (Å²) < 4.78 is 1.78. The fourth-order valence-corrected chi connectivity index (χ4v) is 1.93. The second kappa shape index (κ2) is 5.82. The molecule has 2 aromatic heterocycles. The Morgan fingerprint density at radius 1 is 1.50 bits per heavy atom. The fourth-order valence-electron chi connectivity index (χ4n) is 1.93. The molecule has 2 aromatic rings. The van der Waals surface area contributed by atoms with Gasteiger partial charge in [0.15, 0.2) is 5.65 Å². The third-order valence-corrected chi connectivity index (χ3v) is 3.02. The molecule has 5 nitrogen and oxygen atoms in total. The van der Waals surface area contributed by atoms with E-state index in [2.05, 4.69) is 22.3 Å². The molecule has 1 unspecified atom stereocenters. The number of rotatable bonds is 6. The van der Waals surface area contributed by atoms with Crippen molar-refractivity contribution in [2.75, 3.05) is 11.9 Å². The van der Waals surface area contributed by atoms with Crippen LogP contribution >= 0.6 is 0 Å². The Hall–Kier alpha value is -1.62. The normalized spacial score (nSPS) is 12.8. The highest BCUT2D eigenvalue weighted by Gasteiger charge is 2.09. The summed E-state index contributed by atoms with van der Waals surface area (Å²) in [6.45, 7) is 4.83. The van der Waals surface area contributed by atoms with Crippen molar-refractivity contribution in [3.05, 3.63) is 23.9 Å². The Balaban J connectivity index is 2.10. The summed E-state index contributed by atoms with van der Waals surface area (Å²) in [5.74, 6) is 0.659. The molecule has 0 amide bonds. The van der Waals surface area contributed by atoms with E-state index in [0.29, 0.717) is 12.5 Å². The lowest BCUT2D eigenvalue weighted by Crippen LogP contribution is -2.29. The van der Waals surface area contributed by atoms with E-state index < -0.39 is 0 Å². The van der Waals surface area contributed by atoms with Crippen molar-refractivity contribution >= 4 is 11.6 Å². The summed E-state index contributed by atoms with van der Waals surface area (Å²) in [6.07, 6.45) is 5.32. The number of nitrogens with two attached hydrogens (primary N) is 1. The second-order valence-electron chi connectivity index (χ2n) is 4.66. The van der Waals surface area contributed by atoms with Crippen LogP contribution in [0, 0.1) is 6.92 Å². The number of unbranched alkanes of at least 4 members (excludes halogenated alkanes) is 1. The van der Waals surface area contributed by atoms with Crippen LogP contribution in [0.4, 0.5) is 5.95 Å². The molecule has 0 spiro atoms. The summed E-state index contributed by atoms with van der Waals surface area (Å²) in [4.78, 5) is 4.45. The van der Waals surface area contributed by atoms with Gasteiger partial charge in [-0.25, -0.2) is 4.52 Å². The molecular formula is C13H21N5. The van der Waals surface area contributed by atoms with Crippen LogP contribution < -0.4 is 11.1 Å². The van der Waals surface area contributed by atoms with E-state index in [-0.39, 0.29) is 6.04 Å². The molecule has 0 saturated heterocycles. The molecule has 3 N–H and O–H groups in total. The Labute approximate surface area is 107 Å². The first-order chi connectivity index (χ1) is 8.72. The van der Waals surface area contributed by atoms with Crippen LogP contribution in [0.25, 0.3) is 5.65 Å². The molecular weight excluding hydrogens is 226 g/mol. The van der Waals surface area contributed by atoms with E-state index in [0.717, 1.165) is 12.1 Å². The lowest BCUT2D eigenvalue weighted by molar-refractivity contribution is 0.610. The number of hydrogen-bond donors (Lipinski definition) is 2. The molecule has 0 aliphatic heterocycles. The highest BCUT2D eigenvalue weighted by Crippen LogP contribution is 2.10. The largest absolute Gasteiger partial charge is 0.349 e. The predicted octanol–water partition coefficient (Wildman–Crippen LogP) is 1.97. The van der Waals surface area contributed by atoms with Gasteiger partial charge in [0.1, 0.15) is 0 Å². The van der Waals surface area contributed by atoms with Crippen LogP contribution in [0.2, 0.25) is 0 Å². The minimum Gasteiger partial charge on any atom is -0.349 e. The van der Waals surface area contributed by atoms with Crippen molar-refractivity contribution in [3.63, 3.8) is 0 Å². The van der Waals surface area contributed by atoms with E-state index in [1.54, 1.807) is 4.52 Å². The quantitative estimate of drug-likeness (QED) is 0.819. The Morgan fingerprint density at radius 2 is 2.33 bits per heavy atom. The zero-order valence-electron chi connectivity index (χ0n) is 11.1. The zero-order chi connectivity index (χ0) is 13.0. The first-order valence-corrected chi connectivity index (χ1v) is 6.52. The molecule has 0 aliphatic rings. The van der Waals surface area contributed by atoms with Crippen LogP contribution in [-0.4, -0.2) is 27.2 Å². The standard InChI is InChI=1S/C13H21N5/c1-3-4-5-11(9-14)15-13-16-12-8-10(2)6-7-18(12)17-13/h6-8,11H,3-5,9,14H2,1-2H3,(H,15,17). The Kier molecular flexibility index (Phi) is 4.15.